The minimum absolute atomic E-state index is 0.659. The molecular formula is C14H22N2. The van der Waals surface area contributed by atoms with Gasteiger partial charge in [0.1, 0.15) is 0 Å². The van der Waals surface area contributed by atoms with Crippen molar-refractivity contribution < 1.29 is 0 Å². The van der Waals surface area contributed by atoms with E-state index in [4.69, 9.17) is 0 Å². The average Bonchev–Trinajstić information content (AvgIpc) is 2.30. The molecule has 16 heavy (non-hydrogen) atoms. The van der Waals surface area contributed by atoms with Crippen molar-refractivity contribution in [1.29, 1.82) is 0 Å². The maximum atomic E-state index is 3.50. The summed E-state index contributed by atoms with van der Waals surface area (Å²) in [5, 5.41) is 6.84. The lowest BCUT2D eigenvalue weighted by molar-refractivity contribution is 0.381. The van der Waals surface area contributed by atoms with Crippen LogP contribution in [-0.4, -0.2) is 19.1 Å². The Morgan fingerprint density at radius 2 is 2.06 bits per heavy atom. The lowest BCUT2D eigenvalue weighted by atomic mass is 9.87. The Kier molecular flexibility index (Phi) is 3.83. The van der Waals surface area contributed by atoms with Crippen LogP contribution >= 0.6 is 0 Å². The van der Waals surface area contributed by atoms with Crippen molar-refractivity contribution in [2.45, 2.75) is 38.6 Å². The second-order valence-electron chi connectivity index (χ2n) is 4.73. The van der Waals surface area contributed by atoms with Crippen LogP contribution in [0, 0.1) is 0 Å². The number of rotatable bonds is 3. The van der Waals surface area contributed by atoms with Gasteiger partial charge in [-0.25, -0.2) is 0 Å². The summed E-state index contributed by atoms with van der Waals surface area (Å²) < 4.78 is 0. The first-order chi connectivity index (χ1) is 7.79. The lowest BCUT2D eigenvalue weighted by Crippen LogP contribution is -2.34. The van der Waals surface area contributed by atoms with Crippen molar-refractivity contribution in [2.75, 3.05) is 18.4 Å². The molecule has 0 aromatic heterocycles. The molecule has 1 aromatic carbocycles. The zero-order chi connectivity index (χ0) is 11.4. The first-order valence-electron chi connectivity index (χ1n) is 6.37. The van der Waals surface area contributed by atoms with Crippen molar-refractivity contribution in [2.24, 2.45) is 0 Å². The summed E-state index contributed by atoms with van der Waals surface area (Å²) >= 11 is 0. The minimum atomic E-state index is 0.659. The molecule has 2 N–H and O–H groups in total. The molecule has 0 bridgehead atoms. The second-order valence-corrected chi connectivity index (χ2v) is 4.73. The number of hydrogen-bond acceptors (Lipinski definition) is 2. The van der Waals surface area contributed by atoms with Gasteiger partial charge < -0.3 is 10.6 Å². The van der Waals surface area contributed by atoms with Gasteiger partial charge in [-0.3, -0.25) is 0 Å². The van der Waals surface area contributed by atoms with Crippen LogP contribution in [0.1, 0.15) is 38.2 Å². The van der Waals surface area contributed by atoms with E-state index in [9.17, 15) is 0 Å². The molecular weight excluding hydrogens is 196 g/mol. The highest BCUT2D eigenvalue weighted by molar-refractivity contribution is 5.45. The Bertz CT molecular complexity index is 318. The van der Waals surface area contributed by atoms with Gasteiger partial charge in [0.05, 0.1) is 0 Å². The van der Waals surface area contributed by atoms with E-state index < -0.39 is 0 Å². The predicted octanol–water partition coefficient (Wildman–Crippen LogP) is 2.97. The van der Waals surface area contributed by atoms with Gasteiger partial charge in [0, 0.05) is 18.3 Å². The quantitative estimate of drug-likeness (QED) is 0.815. The minimum Gasteiger partial charge on any atom is -0.385 e. The summed E-state index contributed by atoms with van der Waals surface area (Å²) in [4.78, 5) is 0. The van der Waals surface area contributed by atoms with Crippen molar-refractivity contribution in [1.82, 2.24) is 5.32 Å². The van der Waals surface area contributed by atoms with Gasteiger partial charge >= 0.3 is 0 Å². The molecule has 0 saturated carbocycles. The molecule has 0 radical (unpaired) electrons. The van der Waals surface area contributed by atoms with Gasteiger partial charge in [-0.15, -0.1) is 0 Å². The summed E-state index contributed by atoms with van der Waals surface area (Å²) in [5.41, 5.74) is 2.73. The largest absolute Gasteiger partial charge is 0.385 e. The summed E-state index contributed by atoms with van der Waals surface area (Å²) in [6, 6.07) is 9.62. The fourth-order valence-corrected chi connectivity index (χ4v) is 2.51. The van der Waals surface area contributed by atoms with E-state index in [2.05, 4.69) is 48.7 Å². The smallest absolute Gasteiger partial charge is 0.0340 e. The molecule has 0 spiro atoms. The monoisotopic (exact) mass is 218 g/mol. The molecule has 1 heterocycles. The molecule has 1 aliphatic heterocycles. The molecule has 0 aliphatic carbocycles. The van der Waals surface area contributed by atoms with Crippen molar-refractivity contribution in [3.05, 3.63) is 29.8 Å². The third-order valence-corrected chi connectivity index (χ3v) is 3.39. The van der Waals surface area contributed by atoms with Gasteiger partial charge in [-0.1, -0.05) is 12.1 Å². The van der Waals surface area contributed by atoms with E-state index >= 15 is 0 Å². The fourth-order valence-electron chi connectivity index (χ4n) is 2.51. The van der Waals surface area contributed by atoms with Gasteiger partial charge in [0.2, 0.25) is 0 Å². The Morgan fingerprint density at radius 1 is 1.31 bits per heavy atom. The number of piperidine rings is 1. The molecule has 1 fully saturated rings. The van der Waals surface area contributed by atoms with Gasteiger partial charge in [0.25, 0.3) is 0 Å². The number of anilines is 1. The first-order valence-corrected chi connectivity index (χ1v) is 6.37. The molecule has 1 aromatic rings. The highest BCUT2D eigenvalue weighted by Crippen LogP contribution is 2.28. The van der Waals surface area contributed by atoms with Crippen LogP contribution in [0.4, 0.5) is 5.69 Å². The topological polar surface area (TPSA) is 24.1 Å². The number of hydrogen-bond donors (Lipinski definition) is 2. The Hall–Kier alpha value is -1.02. The van der Waals surface area contributed by atoms with Crippen molar-refractivity contribution >= 4 is 5.69 Å². The summed E-state index contributed by atoms with van der Waals surface area (Å²) in [6.45, 7) is 6.55. The van der Waals surface area contributed by atoms with Gasteiger partial charge in [0.15, 0.2) is 0 Å². The molecule has 1 aliphatic rings. The van der Waals surface area contributed by atoms with Crippen LogP contribution in [-0.2, 0) is 0 Å². The molecule has 2 heteroatoms. The van der Waals surface area contributed by atoms with E-state index in [-0.39, 0.29) is 0 Å². The predicted molar refractivity (Wildman–Crippen MR) is 70.0 cm³/mol. The molecule has 2 unspecified atom stereocenters. The fraction of sp³-hybridized carbons (Fsp3) is 0.571. The second kappa shape index (κ2) is 5.35. The van der Waals surface area contributed by atoms with Crippen LogP contribution in [0.2, 0.25) is 0 Å². The van der Waals surface area contributed by atoms with Crippen molar-refractivity contribution in [3.8, 4) is 0 Å². The van der Waals surface area contributed by atoms with Crippen LogP contribution in [0.3, 0.4) is 0 Å². The van der Waals surface area contributed by atoms with Crippen LogP contribution in [0.5, 0.6) is 0 Å². The Labute approximate surface area is 98.4 Å². The number of nitrogens with one attached hydrogen (secondary N) is 2. The van der Waals surface area contributed by atoms with Crippen LogP contribution in [0.25, 0.3) is 0 Å². The molecule has 0 amide bonds. The third kappa shape index (κ3) is 2.76. The summed E-state index contributed by atoms with van der Waals surface area (Å²) in [5.74, 6) is 0.743. The van der Waals surface area contributed by atoms with E-state index in [0.29, 0.717) is 6.04 Å². The summed E-state index contributed by atoms with van der Waals surface area (Å²) in [6.07, 6.45) is 2.53. The zero-order valence-corrected chi connectivity index (χ0v) is 10.3. The Morgan fingerprint density at radius 3 is 2.69 bits per heavy atom. The normalized spacial score (nSPS) is 25.4. The summed E-state index contributed by atoms with van der Waals surface area (Å²) in [7, 11) is 0. The maximum absolute atomic E-state index is 3.50. The standard InChI is InChI=1S/C14H22N2/c1-3-15-14-6-4-12(5-7-14)13-8-9-16-11(2)10-13/h4-7,11,13,15-16H,3,8-10H2,1-2H3. The first kappa shape index (κ1) is 11.5. The third-order valence-electron chi connectivity index (χ3n) is 3.39. The van der Waals surface area contributed by atoms with Gasteiger partial charge in [-0.2, -0.15) is 0 Å². The molecule has 2 nitrogen and oxygen atoms in total. The van der Waals surface area contributed by atoms with Crippen molar-refractivity contribution in [3.63, 3.8) is 0 Å². The lowest BCUT2D eigenvalue weighted by Gasteiger charge is -2.28. The molecule has 88 valence electrons. The number of benzene rings is 1. The zero-order valence-electron chi connectivity index (χ0n) is 10.3. The SMILES string of the molecule is CCNc1ccc(C2CCNC(C)C2)cc1. The molecule has 2 atom stereocenters. The molecule has 1 saturated heterocycles. The van der Waals surface area contributed by atoms with E-state index in [1.54, 1.807) is 0 Å². The Balaban J connectivity index is 2.03. The van der Waals surface area contributed by atoms with E-state index in [1.807, 2.05) is 0 Å². The highest BCUT2D eigenvalue weighted by atomic mass is 14.9. The molecule has 2 rings (SSSR count). The van der Waals surface area contributed by atoms with Crippen LogP contribution < -0.4 is 10.6 Å². The van der Waals surface area contributed by atoms with Crippen LogP contribution in [0.15, 0.2) is 24.3 Å². The maximum Gasteiger partial charge on any atom is 0.0340 e. The highest BCUT2D eigenvalue weighted by Gasteiger charge is 2.19. The van der Waals surface area contributed by atoms with Gasteiger partial charge in [-0.05, 0) is 56.8 Å². The average molecular weight is 218 g/mol. The van der Waals surface area contributed by atoms with E-state index in [0.717, 1.165) is 19.0 Å². The van der Waals surface area contributed by atoms with E-state index in [1.165, 1.54) is 24.1 Å².